The van der Waals surface area contributed by atoms with Crippen LogP contribution in [0.5, 0.6) is 0 Å². The maximum Gasteiger partial charge on any atom is 0.258 e. The van der Waals surface area contributed by atoms with Crippen molar-refractivity contribution in [3.05, 3.63) is 45.7 Å². The maximum atomic E-state index is 11.9. The summed E-state index contributed by atoms with van der Waals surface area (Å²) in [5, 5.41) is 9.22. The molecule has 2 rings (SSSR count). The number of rotatable bonds is 2. The second-order valence-corrected chi connectivity index (χ2v) is 4.73. The van der Waals surface area contributed by atoms with Gasteiger partial charge < -0.3 is 5.32 Å². The van der Waals surface area contributed by atoms with Crippen molar-refractivity contribution in [3.63, 3.8) is 0 Å². The summed E-state index contributed by atoms with van der Waals surface area (Å²) < 4.78 is 0.881. The Morgan fingerprint density at radius 1 is 1.41 bits per heavy atom. The number of aryl methyl sites for hydroxylation is 2. The van der Waals surface area contributed by atoms with E-state index in [0.717, 1.165) is 21.3 Å². The standard InChI is InChI=1S/C12H12BrN3O/c1-7-3-8(2)11(10(13)4-7)16-12(17)9-5-14-15-6-9/h3-6H,1-2H3,(H,14,15)(H,16,17). The highest BCUT2D eigenvalue weighted by molar-refractivity contribution is 9.10. The van der Waals surface area contributed by atoms with Crippen molar-refractivity contribution in [1.82, 2.24) is 10.2 Å². The summed E-state index contributed by atoms with van der Waals surface area (Å²) in [6.07, 6.45) is 3.06. The summed E-state index contributed by atoms with van der Waals surface area (Å²) in [7, 11) is 0. The van der Waals surface area contributed by atoms with Gasteiger partial charge in [0.05, 0.1) is 17.4 Å². The largest absolute Gasteiger partial charge is 0.321 e. The zero-order valence-electron chi connectivity index (χ0n) is 9.54. The van der Waals surface area contributed by atoms with Gasteiger partial charge in [-0.2, -0.15) is 5.10 Å². The minimum atomic E-state index is -0.175. The highest BCUT2D eigenvalue weighted by Gasteiger charge is 2.11. The first-order valence-corrected chi connectivity index (χ1v) is 5.94. The molecule has 5 heteroatoms. The summed E-state index contributed by atoms with van der Waals surface area (Å²) in [4.78, 5) is 11.9. The molecule has 0 atom stereocenters. The number of aromatic nitrogens is 2. The Morgan fingerprint density at radius 3 is 2.76 bits per heavy atom. The van der Waals surface area contributed by atoms with Crippen molar-refractivity contribution in [2.24, 2.45) is 0 Å². The molecule has 1 heterocycles. The van der Waals surface area contributed by atoms with Crippen molar-refractivity contribution < 1.29 is 4.79 Å². The van der Waals surface area contributed by atoms with Crippen LogP contribution in [-0.4, -0.2) is 16.1 Å². The van der Waals surface area contributed by atoms with Crippen molar-refractivity contribution in [3.8, 4) is 0 Å². The van der Waals surface area contributed by atoms with E-state index in [1.807, 2.05) is 26.0 Å². The van der Waals surface area contributed by atoms with Crippen LogP contribution in [0, 0.1) is 13.8 Å². The maximum absolute atomic E-state index is 11.9. The molecule has 0 bridgehead atoms. The van der Waals surface area contributed by atoms with Crippen LogP contribution >= 0.6 is 15.9 Å². The van der Waals surface area contributed by atoms with Gasteiger partial charge in [-0.15, -0.1) is 0 Å². The number of nitrogens with zero attached hydrogens (tertiary/aromatic N) is 1. The smallest absolute Gasteiger partial charge is 0.258 e. The number of benzene rings is 1. The lowest BCUT2D eigenvalue weighted by atomic mass is 10.1. The van der Waals surface area contributed by atoms with Gasteiger partial charge in [-0.1, -0.05) is 6.07 Å². The van der Waals surface area contributed by atoms with E-state index < -0.39 is 0 Å². The molecule has 0 radical (unpaired) electrons. The molecule has 1 amide bonds. The molecule has 0 aliphatic carbocycles. The van der Waals surface area contributed by atoms with Crippen LogP contribution in [0.15, 0.2) is 29.0 Å². The molecular weight excluding hydrogens is 282 g/mol. The van der Waals surface area contributed by atoms with Gasteiger partial charge in [0.1, 0.15) is 0 Å². The Labute approximate surface area is 108 Å². The van der Waals surface area contributed by atoms with E-state index in [2.05, 4.69) is 31.4 Å². The molecule has 0 spiro atoms. The number of hydrogen-bond acceptors (Lipinski definition) is 2. The minimum absolute atomic E-state index is 0.175. The molecule has 1 aromatic carbocycles. The Balaban J connectivity index is 2.28. The van der Waals surface area contributed by atoms with Crippen molar-refractivity contribution in [1.29, 1.82) is 0 Å². The summed E-state index contributed by atoms with van der Waals surface area (Å²) in [5.74, 6) is -0.175. The van der Waals surface area contributed by atoms with Crippen LogP contribution in [-0.2, 0) is 0 Å². The summed E-state index contributed by atoms with van der Waals surface area (Å²) in [5.41, 5.74) is 3.48. The fourth-order valence-corrected chi connectivity index (χ4v) is 2.41. The van der Waals surface area contributed by atoms with Crippen LogP contribution in [0.1, 0.15) is 21.5 Å². The lowest BCUT2D eigenvalue weighted by molar-refractivity contribution is 0.102. The summed E-state index contributed by atoms with van der Waals surface area (Å²) >= 11 is 3.45. The van der Waals surface area contributed by atoms with E-state index in [-0.39, 0.29) is 5.91 Å². The number of nitrogens with one attached hydrogen (secondary N) is 2. The molecule has 0 unspecified atom stereocenters. The van der Waals surface area contributed by atoms with E-state index in [1.54, 1.807) is 6.20 Å². The molecule has 88 valence electrons. The lowest BCUT2D eigenvalue weighted by Crippen LogP contribution is -2.12. The zero-order chi connectivity index (χ0) is 12.4. The number of halogens is 1. The molecule has 0 aliphatic rings. The molecule has 2 aromatic rings. The molecule has 2 N–H and O–H groups in total. The van der Waals surface area contributed by atoms with Gasteiger partial charge in [-0.05, 0) is 47.0 Å². The minimum Gasteiger partial charge on any atom is -0.321 e. The Morgan fingerprint density at radius 2 is 2.18 bits per heavy atom. The fraction of sp³-hybridized carbons (Fsp3) is 0.167. The third kappa shape index (κ3) is 2.55. The monoisotopic (exact) mass is 293 g/mol. The number of carbonyl (C=O) groups excluding carboxylic acids is 1. The molecule has 1 aromatic heterocycles. The first-order valence-electron chi connectivity index (χ1n) is 5.15. The van der Waals surface area contributed by atoms with Gasteiger partial charge in [0.2, 0.25) is 0 Å². The first kappa shape index (κ1) is 11.9. The summed E-state index contributed by atoms with van der Waals surface area (Å²) in [6, 6.07) is 3.99. The number of anilines is 1. The highest BCUT2D eigenvalue weighted by Crippen LogP contribution is 2.28. The molecule has 0 aliphatic heterocycles. The van der Waals surface area contributed by atoms with Gasteiger partial charge in [-0.25, -0.2) is 0 Å². The number of amides is 1. The summed E-state index contributed by atoms with van der Waals surface area (Å²) in [6.45, 7) is 3.97. The van der Waals surface area contributed by atoms with E-state index in [1.165, 1.54) is 6.20 Å². The van der Waals surface area contributed by atoms with E-state index in [4.69, 9.17) is 0 Å². The van der Waals surface area contributed by atoms with E-state index in [0.29, 0.717) is 5.56 Å². The fourth-order valence-electron chi connectivity index (χ4n) is 1.63. The normalized spacial score (nSPS) is 10.3. The molecule has 0 fully saturated rings. The molecular formula is C12H12BrN3O. The van der Waals surface area contributed by atoms with E-state index >= 15 is 0 Å². The topological polar surface area (TPSA) is 57.8 Å². The highest BCUT2D eigenvalue weighted by atomic mass is 79.9. The zero-order valence-corrected chi connectivity index (χ0v) is 11.1. The van der Waals surface area contributed by atoms with Gasteiger partial charge in [-0.3, -0.25) is 9.89 Å². The number of carbonyl (C=O) groups is 1. The third-order valence-electron chi connectivity index (χ3n) is 2.43. The Hall–Kier alpha value is -1.62. The molecule has 4 nitrogen and oxygen atoms in total. The lowest BCUT2D eigenvalue weighted by Gasteiger charge is -2.10. The van der Waals surface area contributed by atoms with E-state index in [9.17, 15) is 4.79 Å². The third-order valence-corrected chi connectivity index (χ3v) is 3.06. The average Bonchev–Trinajstić information content (AvgIpc) is 2.76. The van der Waals surface area contributed by atoms with Gasteiger partial charge >= 0.3 is 0 Å². The van der Waals surface area contributed by atoms with Gasteiger partial charge in [0.25, 0.3) is 5.91 Å². The molecule has 0 saturated carbocycles. The van der Waals surface area contributed by atoms with Crippen molar-refractivity contribution in [2.75, 3.05) is 5.32 Å². The Kier molecular flexibility index (Phi) is 3.28. The second kappa shape index (κ2) is 4.71. The quantitative estimate of drug-likeness (QED) is 0.894. The second-order valence-electron chi connectivity index (χ2n) is 3.88. The van der Waals surface area contributed by atoms with Crippen molar-refractivity contribution >= 4 is 27.5 Å². The number of hydrogen-bond donors (Lipinski definition) is 2. The average molecular weight is 294 g/mol. The van der Waals surface area contributed by atoms with Gasteiger partial charge in [0, 0.05) is 10.7 Å². The Bertz CT molecular complexity index is 526. The van der Waals surface area contributed by atoms with Crippen LogP contribution in [0.25, 0.3) is 0 Å². The van der Waals surface area contributed by atoms with Crippen LogP contribution in [0.4, 0.5) is 5.69 Å². The molecule has 17 heavy (non-hydrogen) atoms. The molecule has 0 saturated heterocycles. The van der Waals surface area contributed by atoms with Crippen LogP contribution < -0.4 is 5.32 Å². The first-order chi connectivity index (χ1) is 8.08. The number of aromatic amines is 1. The van der Waals surface area contributed by atoms with Crippen LogP contribution in [0.2, 0.25) is 0 Å². The van der Waals surface area contributed by atoms with Crippen molar-refractivity contribution in [2.45, 2.75) is 13.8 Å². The van der Waals surface area contributed by atoms with Crippen LogP contribution in [0.3, 0.4) is 0 Å². The predicted molar refractivity (Wildman–Crippen MR) is 70.2 cm³/mol. The predicted octanol–water partition coefficient (Wildman–Crippen LogP) is 3.04. The number of H-pyrrole nitrogens is 1. The SMILES string of the molecule is Cc1cc(C)c(NC(=O)c2cn[nH]c2)c(Br)c1. The van der Waals surface area contributed by atoms with Gasteiger partial charge in [0.15, 0.2) is 0 Å².